The van der Waals surface area contributed by atoms with Crippen LogP contribution in [0.25, 0.3) is 0 Å². The van der Waals surface area contributed by atoms with Gasteiger partial charge in [0.25, 0.3) is 0 Å². The molecule has 0 amide bonds. The molecule has 0 atom stereocenters. The van der Waals surface area contributed by atoms with E-state index in [1.54, 1.807) is 0 Å². The molecular formula is H7AlCa3O5S. The van der Waals surface area contributed by atoms with Gasteiger partial charge in [-0.15, -0.1) is 0 Å². The minimum atomic E-state index is -4.45. The molecule has 0 bridgehead atoms. The van der Waals surface area contributed by atoms with Gasteiger partial charge >= 0.3 is 159 Å². The van der Waals surface area contributed by atoms with Gasteiger partial charge in [-0.05, 0) is 0 Å². The van der Waals surface area contributed by atoms with Crippen molar-refractivity contribution in [2.24, 2.45) is 0 Å². The predicted octanol–water partition coefficient (Wildman–Crippen LogP) is -1.70. The van der Waals surface area contributed by atoms with E-state index in [4.69, 9.17) is 4.55 Å². The molecule has 0 aliphatic heterocycles. The van der Waals surface area contributed by atoms with Gasteiger partial charge in [-0.3, -0.25) is 0 Å². The van der Waals surface area contributed by atoms with E-state index < -0.39 is 25.9 Å². The summed E-state index contributed by atoms with van der Waals surface area (Å²) in [5.41, 5.74) is 0. The van der Waals surface area contributed by atoms with Crippen LogP contribution < -0.4 is 0 Å². The Bertz CT molecular complexity index is 166. The first-order valence-electron chi connectivity index (χ1n) is 1.15. The Labute approximate surface area is 164 Å². The van der Waals surface area contributed by atoms with E-state index in [0.717, 1.165) is 0 Å². The van der Waals surface area contributed by atoms with Crippen LogP contribution in [0.1, 0.15) is 8.56 Å². The first-order valence-corrected chi connectivity index (χ1v) is 3.46. The van der Waals surface area contributed by atoms with Gasteiger partial charge in [0.1, 0.15) is 0 Å². The van der Waals surface area contributed by atoms with E-state index in [0.29, 0.717) is 0 Å². The summed E-state index contributed by atoms with van der Waals surface area (Å²) in [4.78, 5) is 0. The molecular weight excluding hydrogens is 259 g/mol. The summed E-state index contributed by atoms with van der Waals surface area (Å²) in [7, 11) is -4.45. The normalized spacial score (nSPS) is 6.90. The molecule has 0 radical (unpaired) electrons. The fourth-order valence-electron chi connectivity index (χ4n) is 0.0496. The maximum atomic E-state index is 9.39. The van der Waals surface area contributed by atoms with Crippen molar-refractivity contribution in [3.8, 4) is 0 Å². The predicted molar refractivity (Wildman–Crippen MR) is 43.0 cm³/mol. The van der Waals surface area contributed by atoms with E-state index in [-0.39, 0.29) is 122 Å². The van der Waals surface area contributed by atoms with Crippen molar-refractivity contribution in [3.05, 3.63) is 0 Å². The van der Waals surface area contributed by atoms with Crippen molar-refractivity contribution in [2.45, 2.75) is 0 Å². The molecule has 0 aromatic carbocycles. The van der Waals surface area contributed by atoms with Crippen LogP contribution in [-0.4, -0.2) is 142 Å². The van der Waals surface area contributed by atoms with Gasteiger partial charge < -0.3 is 8.56 Å². The summed E-state index contributed by atoms with van der Waals surface area (Å²) in [6.45, 7) is 0. The maximum absolute atomic E-state index is 9.39. The summed E-state index contributed by atoms with van der Waals surface area (Å²) >= 11 is -1.88. The average Bonchev–Trinajstić information content (AvgIpc) is 1.30. The monoisotopic (exact) mass is 266 g/mol. The van der Waals surface area contributed by atoms with Crippen LogP contribution >= 0.6 is 0 Å². The molecule has 0 rings (SSSR count). The molecule has 5 nitrogen and oxygen atoms in total. The molecule has 0 aliphatic carbocycles. The Morgan fingerprint density at radius 3 is 1.60 bits per heavy atom. The second-order valence-corrected chi connectivity index (χ2v) is 2.44. The third kappa shape index (κ3) is 22.6. The van der Waals surface area contributed by atoms with E-state index in [9.17, 15) is 12.2 Å². The Morgan fingerprint density at radius 1 is 1.30 bits per heavy atom. The number of hydrogen-bond acceptors (Lipinski definition) is 4. The summed E-state index contributed by atoms with van der Waals surface area (Å²) < 4.78 is 38.9. The molecule has 52 valence electrons. The third-order valence-electron chi connectivity index (χ3n) is 0.161. The second kappa shape index (κ2) is 12.8. The summed E-state index contributed by atoms with van der Waals surface area (Å²) in [5.74, 6) is 0. The van der Waals surface area contributed by atoms with Gasteiger partial charge in [-0.25, -0.2) is 0 Å². The summed E-state index contributed by atoms with van der Waals surface area (Å²) in [6, 6.07) is 0. The van der Waals surface area contributed by atoms with E-state index in [1.807, 2.05) is 0 Å². The first kappa shape index (κ1) is 23.6. The third-order valence-corrected chi connectivity index (χ3v) is 1.45. The molecule has 10 heavy (non-hydrogen) atoms. The topological polar surface area (TPSA) is 80.7 Å². The van der Waals surface area contributed by atoms with Gasteiger partial charge in [-0.1, -0.05) is 0 Å². The van der Waals surface area contributed by atoms with Gasteiger partial charge in [0.2, 0.25) is 0 Å². The van der Waals surface area contributed by atoms with Crippen LogP contribution in [0.3, 0.4) is 0 Å². The summed E-state index contributed by atoms with van der Waals surface area (Å²) in [5, 5.41) is 0. The Kier molecular flexibility index (Phi) is 30.2. The standard InChI is InChI=1S/Al.3Ca.H2O4S.O.6H/c;;;;1-5(2,3)4;;;;;;;/h;;;;(H2,1,2,3,4);;;;;;;/q+1;3*+2;;;6*-1/p-1. The molecule has 0 aromatic rings. The van der Waals surface area contributed by atoms with Crippen LogP contribution in [0.2, 0.25) is 0 Å². The Hall–Kier alpha value is 3.82. The van der Waals surface area contributed by atoms with Crippen molar-refractivity contribution >= 4 is 139 Å². The fraction of sp³-hybridized carbons (Fsp3) is 0. The van der Waals surface area contributed by atoms with Crippen molar-refractivity contribution in [3.63, 3.8) is 0 Å². The Balaban J connectivity index is -0.00000000500. The molecule has 1 N–H and O–H groups in total. The van der Waals surface area contributed by atoms with Gasteiger partial charge in [0, 0.05) is 0 Å². The second-order valence-electron chi connectivity index (χ2n) is 0.620. The average molecular weight is 266 g/mol. The molecule has 0 aromatic heterocycles. The van der Waals surface area contributed by atoms with Crippen molar-refractivity contribution < 1.29 is 28.6 Å². The van der Waals surface area contributed by atoms with Gasteiger partial charge in [0.05, 0.1) is 0 Å². The van der Waals surface area contributed by atoms with Crippen molar-refractivity contribution in [1.82, 2.24) is 0 Å². The van der Waals surface area contributed by atoms with E-state index >= 15 is 0 Å². The van der Waals surface area contributed by atoms with Gasteiger partial charge in [0.15, 0.2) is 0 Å². The van der Waals surface area contributed by atoms with Gasteiger partial charge in [-0.2, -0.15) is 0 Å². The zero-order valence-corrected chi connectivity index (χ0v) is 13.8. The minimum absolute atomic E-state index is 0. The SMILES string of the molecule is [Ca+2].[Ca+2].[Ca+2].[H-].[H-].[H-].[H-].[H-].[H-].[O]=[Al][O]S(=O)(=O)O. The van der Waals surface area contributed by atoms with Crippen LogP contribution in [0.5, 0.6) is 0 Å². The fourth-order valence-corrected chi connectivity index (χ4v) is 0.447. The molecule has 0 fully saturated rings. The molecule has 0 heterocycles. The number of hydrogen-bond donors (Lipinski definition) is 1. The van der Waals surface area contributed by atoms with E-state index in [1.165, 1.54) is 0 Å². The zero-order valence-electron chi connectivity index (χ0n) is 11.2. The Morgan fingerprint density at radius 2 is 1.60 bits per heavy atom. The molecule has 0 spiro atoms. The zero-order chi connectivity index (χ0) is 5.91. The van der Waals surface area contributed by atoms with Crippen molar-refractivity contribution in [1.29, 1.82) is 0 Å². The van der Waals surface area contributed by atoms with Crippen LogP contribution in [0.15, 0.2) is 0 Å². The van der Waals surface area contributed by atoms with E-state index in [2.05, 4.69) is 3.23 Å². The number of rotatable bonds is 2. The summed E-state index contributed by atoms with van der Waals surface area (Å²) in [6.07, 6.45) is 0. The molecule has 0 aliphatic rings. The van der Waals surface area contributed by atoms with Crippen LogP contribution in [0.4, 0.5) is 0 Å². The van der Waals surface area contributed by atoms with Crippen LogP contribution in [-0.2, 0) is 17.4 Å². The molecule has 0 unspecified atom stereocenters. The molecule has 0 saturated heterocycles. The van der Waals surface area contributed by atoms with Crippen LogP contribution in [0, 0.1) is 0 Å². The van der Waals surface area contributed by atoms with Crippen molar-refractivity contribution in [2.75, 3.05) is 0 Å². The molecule has 10 heteroatoms. The molecule has 0 saturated carbocycles. The quantitative estimate of drug-likeness (QED) is 0.476. The first-order chi connectivity index (χ1) is 3.06.